The molecule has 43 heavy (non-hydrogen) atoms. The lowest BCUT2D eigenvalue weighted by atomic mass is 9.77. The van der Waals surface area contributed by atoms with Gasteiger partial charge in [-0.1, -0.05) is 103 Å². The maximum atomic E-state index is 13.7. The maximum Gasteiger partial charge on any atom is 0.255 e. The molecule has 1 aliphatic rings. The van der Waals surface area contributed by atoms with Crippen LogP contribution in [-0.2, 0) is 21.6 Å². The monoisotopic (exact) mass is 573 g/mol. The molecule has 218 valence electrons. The number of methoxy groups -OCH3 is 1. The number of amides is 1. The molecule has 4 aromatic carbocycles. The van der Waals surface area contributed by atoms with Crippen LogP contribution in [0.4, 0.5) is 0 Å². The van der Waals surface area contributed by atoms with Crippen LogP contribution in [0, 0.1) is 0 Å². The molecule has 0 aliphatic carbocycles. The number of morpholine rings is 1. The number of nitrogens with zero attached hydrogens (tertiary/aromatic N) is 3. The standard InChI is InChI=1S/C36H35N3O4/c1-26-24-43-34(35(41)39(26)22-27-18-20-31(42-2)21-19-27)33(40)32-23-38(25-37-32)36(28-12-6-3-7-13-28,29-14-8-4-9-15-29)30-16-10-5-11-17-30/h3-21,23,25-26,33-34,40H,22,24H2,1-2H3. The van der Waals surface area contributed by atoms with E-state index in [4.69, 9.17) is 9.47 Å². The van der Waals surface area contributed by atoms with Crippen molar-refractivity contribution in [1.29, 1.82) is 0 Å². The van der Waals surface area contributed by atoms with Crippen molar-refractivity contribution in [2.45, 2.75) is 37.3 Å². The Hall–Kier alpha value is -4.72. The zero-order valence-electron chi connectivity index (χ0n) is 24.3. The Labute approximate surface area is 252 Å². The topological polar surface area (TPSA) is 76.8 Å². The first-order valence-electron chi connectivity index (χ1n) is 14.5. The van der Waals surface area contributed by atoms with Crippen LogP contribution in [-0.4, -0.2) is 51.3 Å². The third-order valence-electron chi connectivity index (χ3n) is 8.24. The Kier molecular flexibility index (Phi) is 8.09. The van der Waals surface area contributed by atoms with Crippen molar-refractivity contribution in [1.82, 2.24) is 14.5 Å². The highest BCUT2D eigenvalue weighted by molar-refractivity contribution is 5.82. The normalized spacial score (nSPS) is 17.9. The number of benzene rings is 4. The van der Waals surface area contributed by atoms with E-state index in [1.807, 2.05) is 96.6 Å². The summed E-state index contributed by atoms with van der Waals surface area (Å²) in [6, 6.07) is 38.2. The Balaban J connectivity index is 1.36. The third-order valence-corrected chi connectivity index (χ3v) is 8.24. The summed E-state index contributed by atoms with van der Waals surface area (Å²) in [5.74, 6) is 0.489. The van der Waals surface area contributed by atoms with Gasteiger partial charge in [0.25, 0.3) is 5.91 Å². The number of ether oxygens (including phenoxy) is 2. The molecule has 5 aromatic rings. The van der Waals surface area contributed by atoms with E-state index >= 15 is 0 Å². The van der Waals surface area contributed by atoms with Crippen LogP contribution in [0.1, 0.15) is 41.0 Å². The lowest BCUT2D eigenvalue weighted by Gasteiger charge is -2.39. The van der Waals surface area contributed by atoms with Crippen molar-refractivity contribution in [3.63, 3.8) is 0 Å². The van der Waals surface area contributed by atoms with Crippen LogP contribution >= 0.6 is 0 Å². The molecule has 2 heterocycles. The molecule has 1 saturated heterocycles. The van der Waals surface area contributed by atoms with Crippen LogP contribution < -0.4 is 4.74 Å². The summed E-state index contributed by atoms with van der Waals surface area (Å²) in [5.41, 5.74) is 3.67. The first kappa shape index (κ1) is 28.4. The number of imidazole rings is 1. The number of hydrogen-bond donors (Lipinski definition) is 1. The van der Waals surface area contributed by atoms with Gasteiger partial charge in [0.05, 0.1) is 31.8 Å². The van der Waals surface area contributed by atoms with Crippen LogP contribution in [0.25, 0.3) is 0 Å². The minimum absolute atomic E-state index is 0.141. The molecule has 7 heteroatoms. The van der Waals surface area contributed by atoms with Crippen LogP contribution in [0.2, 0.25) is 0 Å². The summed E-state index contributed by atoms with van der Waals surface area (Å²) in [6.07, 6.45) is 1.24. The van der Waals surface area contributed by atoms with Crippen molar-refractivity contribution >= 4 is 5.91 Å². The van der Waals surface area contributed by atoms with Crippen LogP contribution in [0.3, 0.4) is 0 Å². The lowest BCUT2D eigenvalue weighted by molar-refractivity contribution is -0.170. The molecule has 6 rings (SSSR count). The predicted octanol–water partition coefficient (Wildman–Crippen LogP) is 5.58. The molecule has 1 N–H and O–H groups in total. The second kappa shape index (κ2) is 12.3. The number of carbonyl (C=O) groups excluding carboxylic acids is 1. The minimum Gasteiger partial charge on any atom is -0.497 e. The average Bonchev–Trinajstić information content (AvgIpc) is 3.56. The summed E-state index contributed by atoms with van der Waals surface area (Å²) in [5, 5.41) is 11.6. The third kappa shape index (κ3) is 5.33. The first-order valence-corrected chi connectivity index (χ1v) is 14.5. The molecule has 0 bridgehead atoms. The molecule has 1 amide bonds. The number of aliphatic hydroxyl groups excluding tert-OH is 1. The number of hydrogen-bond acceptors (Lipinski definition) is 5. The van der Waals surface area contributed by atoms with E-state index < -0.39 is 17.7 Å². The molecule has 0 spiro atoms. The quantitative estimate of drug-likeness (QED) is 0.233. The van der Waals surface area contributed by atoms with Gasteiger partial charge >= 0.3 is 0 Å². The van der Waals surface area contributed by atoms with Crippen molar-refractivity contribution in [3.8, 4) is 5.75 Å². The molecule has 7 nitrogen and oxygen atoms in total. The molecular formula is C36H35N3O4. The fourth-order valence-electron chi connectivity index (χ4n) is 5.99. The molecule has 1 fully saturated rings. The number of aliphatic hydroxyl groups is 1. The van der Waals surface area contributed by atoms with Gasteiger partial charge in [0, 0.05) is 12.7 Å². The number of carbonyl (C=O) groups is 1. The van der Waals surface area contributed by atoms with Gasteiger partial charge in [0.2, 0.25) is 0 Å². The largest absolute Gasteiger partial charge is 0.497 e. The minimum atomic E-state index is -1.25. The van der Waals surface area contributed by atoms with Crippen molar-refractivity contribution in [3.05, 3.63) is 156 Å². The Bertz CT molecular complexity index is 1540. The molecule has 1 aromatic heterocycles. The number of rotatable bonds is 9. The van der Waals surface area contributed by atoms with Crippen molar-refractivity contribution in [2.75, 3.05) is 13.7 Å². The van der Waals surface area contributed by atoms with Crippen molar-refractivity contribution < 1.29 is 19.4 Å². The van der Waals surface area contributed by atoms with Crippen LogP contribution in [0.15, 0.2) is 128 Å². The number of aromatic nitrogens is 2. The van der Waals surface area contributed by atoms with E-state index in [9.17, 15) is 9.90 Å². The first-order chi connectivity index (χ1) is 21.0. The van der Waals surface area contributed by atoms with E-state index in [2.05, 4.69) is 41.4 Å². The van der Waals surface area contributed by atoms with Crippen molar-refractivity contribution in [2.24, 2.45) is 0 Å². The molecule has 1 aliphatic heterocycles. The van der Waals surface area contributed by atoms with Gasteiger partial charge in [0.1, 0.15) is 17.4 Å². The second-order valence-corrected chi connectivity index (χ2v) is 10.9. The van der Waals surface area contributed by atoms with E-state index in [1.54, 1.807) is 18.3 Å². The van der Waals surface area contributed by atoms with Gasteiger partial charge in [-0.05, 0) is 41.3 Å². The van der Waals surface area contributed by atoms with Gasteiger partial charge in [-0.2, -0.15) is 0 Å². The summed E-state index contributed by atoms with van der Waals surface area (Å²) in [6.45, 7) is 2.67. The van der Waals surface area contributed by atoms with E-state index in [0.717, 1.165) is 28.0 Å². The molecular weight excluding hydrogens is 538 g/mol. The summed E-state index contributed by atoms with van der Waals surface area (Å²) in [4.78, 5) is 20.2. The Morgan fingerprint density at radius 1 is 0.884 bits per heavy atom. The molecule has 0 radical (unpaired) electrons. The van der Waals surface area contributed by atoms with Gasteiger partial charge < -0.3 is 24.0 Å². The predicted molar refractivity (Wildman–Crippen MR) is 165 cm³/mol. The highest BCUT2D eigenvalue weighted by atomic mass is 16.5. The SMILES string of the molecule is COc1ccc(CN2C(=O)C(C(O)c3cn(C(c4ccccc4)(c4ccccc4)c4ccccc4)cn3)OCC2C)cc1. The maximum absolute atomic E-state index is 13.7. The molecule has 3 unspecified atom stereocenters. The summed E-state index contributed by atoms with van der Waals surface area (Å²) < 4.78 is 13.3. The fraction of sp³-hybridized carbons (Fsp3) is 0.222. The highest BCUT2D eigenvalue weighted by Crippen LogP contribution is 2.41. The van der Waals surface area contributed by atoms with Gasteiger partial charge in [-0.3, -0.25) is 4.79 Å². The lowest BCUT2D eigenvalue weighted by Crippen LogP contribution is -2.54. The highest BCUT2D eigenvalue weighted by Gasteiger charge is 2.42. The van der Waals surface area contributed by atoms with Gasteiger partial charge in [-0.25, -0.2) is 4.98 Å². The Morgan fingerprint density at radius 2 is 1.42 bits per heavy atom. The summed E-state index contributed by atoms with van der Waals surface area (Å²) in [7, 11) is 1.62. The zero-order valence-corrected chi connectivity index (χ0v) is 24.3. The molecule has 3 atom stereocenters. The van der Waals surface area contributed by atoms with Crippen LogP contribution in [0.5, 0.6) is 5.75 Å². The molecule has 0 saturated carbocycles. The average molecular weight is 574 g/mol. The Morgan fingerprint density at radius 3 is 1.93 bits per heavy atom. The smallest absolute Gasteiger partial charge is 0.255 e. The van der Waals surface area contributed by atoms with E-state index in [1.165, 1.54) is 0 Å². The fourth-order valence-corrected chi connectivity index (χ4v) is 5.99. The van der Waals surface area contributed by atoms with E-state index in [-0.39, 0.29) is 11.9 Å². The second-order valence-electron chi connectivity index (χ2n) is 10.9. The van der Waals surface area contributed by atoms with Gasteiger partial charge in [0.15, 0.2) is 6.10 Å². The summed E-state index contributed by atoms with van der Waals surface area (Å²) >= 11 is 0. The van der Waals surface area contributed by atoms with E-state index in [0.29, 0.717) is 18.8 Å². The van der Waals surface area contributed by atoms with Gasteiger partial charge in [-0.15, -0.1) is 0 Å². The zero-order chi connectivity index (χ0) is 29.8.